The van der Waals surface area contributed by atoms with Crippen LogP contribution in [0.25, 0.3) is 6.08 Å². The molecule has 4 nitrogen and oxygen atoms in total. The number of hydrogen-bond donors (Lipinski definition) is 0. The maximum atomic E-state index is 13.3. The summed E-state index contributed by atoms with van der Waals surface area (Å²) in [4.78, 5) is 14.5. The summed E-state index contributed by atoms with van der Waals surface area (Å²) in [6.45, 7) is 2.63. The predicted molar refractivity (Wildman–Crippen MR) is 117 cm³/mol. The molecule has 0 atom stereocenters. The van der Waals surface area contributed by atoms with Crippen molar-refractivity contribution in [3.63, 3.8) is 0 Å². The molecule has 8 heteroatoms. The lowest BCUT2D eigenvalue weighted by Crippen LogP contribution is -2.27. The van der Waals surface area contributed by atoms with E-state index in [9.17, 15) is 9.18 Å². The molecule has 0 N–H and O–H groups in total. The van der Waals surface area contributed by atoms with Gasteiger partial charge >= 0.3 is 0 Å². The Hall–Kier alpha value is -1.90. The molecular weight excluding hydrogens is 465 g/mol. The van der Waals surface area contributed by atoms with Crippen LogP contribution in [0.1, 0.15) is 18.1 Å². The molecule has 1 fully saturated rings. The number of halogens is 2. The number of hydrogen-bond acceptors (Lipinski definition) is 5. The maximum absolute atomic E-state index is 13.3. The molecule has 1 aliphatic rings. The first-order chi connectivity index (χ1) is 13.4. The number of carbonyl (C=O) groups excluding carboxylic acids is 1. The second-order valence-corrected chi connectivity index (χ2v) is 8.40. The normalized spacial score (nSPS) is 15.4. The van der Waals surface area contributed by atoms with Crippen LogP contribution in [0.15, 0.2) is 45.8 Å². The van der Waals surface area contributed by atoms with Crippen LogP contribution < -0.4 is 9.47 Å². The van der Waals surface area contributed by atoms with Crippen molar-refractivity contribution in [2.75, 3.05) is 13.7 Å². The van der Waals surface area contributed by atoms with E-state index in [1.165, 1.54) is 23.9 Å². The number of thiocarbonyl (C=S) groups is 1. The van der Waals surface area contributed by atoms with Crippen LogP contribution >= 0.6 is 39.9 Å². The molecule has 0 aromatic heterocycles. The minimum absolute atomic E-state index is 0.102. The number of nitrogens with zero attached hydrogens (tertiary/aromatic N) is 1. The van der Waals surface area contributed by atoms with Gasteiger partial charge in [-0.15, -0.1) is 0 Å². The summed E-state index contributed by atoms with van der Waals surface area (Å²) in [6.07, 6.45) is 1.78. The molecule has 0 spiro atoms. The molecule has 1 amide bonds. The van der Waals surface area contributed by atoms with E-state index in [1.807, 2.05) is 6.92 Å². The fourth-order valence-corrected chi connectivity index (χ4v) is 4.45. The van der Waals surface area contributed by atoms with Crippen molar-refractivity contribution in [1.29, 1.82) is 0 Å². The average molecular weight is 482 g/mol. The van der Waals surface area contributed by atoms with E-state index in [2.05, 4.69) is 15.9 Å². The summed E-state index contributed by atoms with van der Waals surface area (Å²) in [7, 11) is 1.54. The van der Waals surface area contributed by atoms with Crippen LogP contribution in [-0.2, 0) is 11.4 Å². The second kappa shape index (κ2) is 9.07. The summed E-state index contributed by atoms with van der Waals surface area (Å²) < 4.78 is 25.9. The molecule has 2 aromatic rings. The summed E-state index contributed by atoms with van der Waals surface area (Å²) in [6, 6.07) is 9.78. The van der Waals surface area contributed by atoms with Crippen molar-refractivity contribution in [3.8, 4) is 11.5 Å². The Kier molecular flexibility index (Phi) is 6.74. The molecule has 3 rings (SSSR count). The van der Waals surface area contributed by atoms with Gasteiger partial charge in [0.2, 0.25) is 0 Å². The quantitative estimate of drug-likeness (QED) is 0.408. The van der Waals surface area contributed by atoms with Crippen molar-refractivity contribution in [2.24, 2.45) is 0 Å². The minimum atomic E-state index is -0.311. The molecule has 0 radical (unpaired) electrons. The highest BCUT2D eigenvalue weighted by molar-refractivity contribution is 9.10. The highest BCUT2D eigenvalue weighted by Crippen LogP contribution is 2.38. The van der Waals surface area contributed by atoms with Crippen LogP contribution in [-0.4, -0.2) is 28.8 Å². The Bertz CT molecular complexity index is 964. The predicted octanol–water partition coefficient (Wildman–Crippen LogP) is 5.40. The number of amides is 1. The summed E-state index contributed by atoms with van der Waals surface area (Å²) >= 11 is 10.0. The third-order valence-corrected chi connectivity index (χ3v) is 6.11. The van der Waals surface area contributed by atoms with E-state index in [0.717, 1.165) is 10.0 Å². The first-order valence-corrected chi connectivity index (χ1v) is 10.4. The number of carbonyl (C=O) groups is 1. The number of ether oxygens (including phenoxy) is 2. The molecule has 1 heterocycles. The Morgan fingerprint density at radius 1 is 1.29 bits per heavy atom. The summed E-state index contributed by atoms with van der Waals surface area (Å²) in [5.41, 5.74) is 1.48. The highest BCUT2D eigenvalue weighted by atomic mass is 79.9. The lowest BCUT2D eigenvalue weighted by Gasteiger charge is -2.13. The molecule has 146 valence electrons. The minimum Gasteiger partial charge on any atom is -0.493 e. The van der Waals surface area contributed by atoms with Crippen molar-refractivity contribution < 1.29 is 18.7 Å². The molecule has 0 aliphatic carbocycles. The number of benzene rings is 2. The van der Waals surface area contributed by atoms with Gasteiger partial charge in [0, 0.05) is 11.0 Å². The lowest BCUT2D eigenvalue weighted by atomic mass is 10.1. The Labute approximate surface area is 180 Å². The highest BCUT2D eigenvalue weighted by Gasteiger charge is 2.30. The average Bonchev–Trinajstić information content (AvgIpc) is 2.94. The van der Waals surface area contributed by atoms with Gasteiger partial charge in [0.15, 0.2) is 11.5 Å². The van der Waals surface area contributed by atoms with Gasteiger partial charge in [-0.05, 0) is 48.4 Å². The van der Waals surface area contributed by atoms with Gasteiger partial charge in [0.25, 0.3) is 5.91 Å². The third kappa shape index (κ3) is 4.56. The molecule has 0 bridgehead atoms. The van der Waals surface area contributed by atoms with Gasteiger partial charge in [-0.25, -0.2) is 4.39 Å². The number of methoxy groups -OCH3 is 1. The fourth-order valence-electron chi connectivity index (χ4n) is 2.64. The fraction of sp³-hybridized carbons (Fsp3) is 0.200. The van der Waals surface area contributed by atoms with Gasteiger partial charge in [0.05, 0.1) is 12.0 Å². The van der Waals surface area contributed by atoms with E-state index in [1.54, 1.807) is 42.4 Å². The van der Waals surface area contributed by atoms with Crippen LogP contribution in [0.2, 0.25) is 0 Å². The monoisotopic (exact) mass is 481 g/mol. The third-order valence-electron chi connectivity index (χ3n) is 4.04. The summed E-state index contributed by atoms with van der Waals surface area (Å²) in [5.74, 6) is 0.609. The van der Waals surface area contributed by atoms with E-state index >= 15 is 0 Å². The number of likely N-dealkylation sites (N-methyl/N-ethyl adjacent to an activating group) is 1. The summed E-state index contributed by atoms with van der Waals surface area (Å²) in [5, 5.41) is 0. The Morgan fingerprint density at radius 2 is 2.07 bits per heavy atom. The lowest BCUT2D eigenvalue weighted by molar-refractivity contribution is -0.121. The van der Waals surface area contributed by atoms with Gasteiger partial charge in [0.1, 0.15) is 16.7 Å². The SMILES string of the molecule is CCN1C(=O)C(=Cc2cc(OC)c(OCc3cccc(F)c3)cc2Br)SC1=S. The molecular formula is C20H17BrFNO3S2. The first-order valence-electron chi connectivity index (χ1n) is 8.43. The molecule has 0 unspecified atom stereocenters. The zero-order chi connectivity index (χ0) is 20.3. The van der Waals surface area contributed by atoms with Gasteiger partial charge < -0.3 is 9.47 Å². The molecule has 2 aromatic carbocycles. The zero-order valence-electron chi connectivity index (χ0n) is 15.2. The Balaban J connectivity index is 1.85. The molecule has 1 aliphatic heterocycles. The van der Waals surface area contributed by atoms with Crippen molar-refractivity contribution >= 4 is 56.2 Å². The van der Waals surface area contributed by atoms with Crippen molar-refractivity contribution in [2.45, 2.75) is 13.5 Å². The first kappa shape index (κ1) is 20.8. The number of rotatable bonds is 6. The number of thioether (sulfide) groups is 1. The van der Waals surface area contributed by atoms with Gasteiger partial charge in [-0.3, -0.25) is 9.69 Å². The van der Waals surface area contributed by atoms with Crippen LogP contribution in [0.4, 0.5) is 4.39 Å². The van der Waals surface area contributed by atoms with Crippen molar-refractivity contribution in [3.05, 3.63) is 62.7 Å². The zero-order valence-corrected chi connectivity index (χ0v) is 18.4. The van der Waals surface area contributed by atoms with Gasteiger partial charge in [-0.1, -0.05) is 52.0 Å². The molecule has 1 saturated heterocycles. The van der Waals surface area contributed by atoms with E-state index in [-0.39, 0.29) is 18.3 Å². The van der Waals surface area contributed by atoms with Crippen LogP contribution in [0.5, 0.6) is 11.5 Å². The van der Waals surface area contributed by atoms with Crippen LogP contribution in [0, 0.1) is 5.82 Å². The van der Waals surface area contributed by atoms with Crippen molar-refractivity contribution in [1.82, 2.24) is 4.90 Å². The van der Waals surface area contributed by atoms with E-state index in [0.29, 0.717) is 32.8 Å². The second-order valence-electron chi connectivity index (χ2n) is 5.87. The van der Waals surface area contributed by atoms with Crippen LogP contribution in [0.3, 0.4) is 0 Å². The smallest absolute Gasteiger partial charge is 0.266 e. The van der Waals surface area contributed by atoms with E-state index < -0.39 is 0 Å². The van der Waals surface area contributed by atoms with E-state index in [4.69, 9.17) is 21.7 Å². The standard InChI is InChI=1S/C20H17BrFNO3S2/c1-3-23-19(24)18(28-20(23)27)9-13-8-16(25-2)17(10-15(13)21)26-11-12-5-4-6-14(22)7-12/h4-10H,3,11H2,1-2H3. The Morgan fingerprint density at radius 3 is 2.71 bits per heavy atom. The maximum Gasteiger partial charge on any atom is 0.266 e. The molecule has 0 saturated carbocycles. The largest absolute Gasteiger partial charge is 0.493 e. The topological polar surface area (TPSA) is 38.8 Å². The molecule has 28 heavy (non-hydrogen) atoms. The van der Waals surface area contributed by atoms with Gasteiger partial charge in [-0.2, -0.15) is 0 Å².